The summed E-state index contributed by atoms with van der Waals surface area (Å²) in [5.74, 6) is 1.44. The number of hydrogen-bond donors (Lipinski definition) is 1. The van der Waals surface area contributed by atoms with Crippen LogP contribution in [-0.4, -0.2) is 26.8 Å². The van der Waals surface area contributed by atoms with Gasteiger partial charge in [-0.15, -0.1) is 21.5 Å². The normalized spacial score (nSPS) is 12.6. The van der Waals surface area contributed by atoms with Crippen LogP contribution < -0.4 is 5.32 Å². The Morgan fingerprint density at radius 2 is 2.10 bits per heavy atom. The van der Waals surface area contributed by atoms with E-state index < -0.39 is 0 Å². The zero-order valence-corrected chi connectivity index (χ0v) is 14.0. The first-order valence-corrected chi connectivity index (χ1v) is 8.49. The molecule has 2 heterocycles. The van der Waals surface area contributed by atoms with Gasteiger partial charge in [-0.2, -0.15) is 0 Å². The van der Waals surface area contributed by atoms with E-state index in [4.69, 9.17) is 4.42 Å². The number of thioether (sulfide) groups is 1. The van der Waals surface area contributed by atoms with E-state index in [0.29, 0.717) is 17.5 Å². The lowest BCUT2D eigenvalue weighted by atomic mass is 10.2. The molecule has 0 radical (unpaired) electrons. The van der Waals surface area contributed by atoms with E-state index in [-0.39, 0.29) is 17.9 Å². The number of thiazole rings is 1. The highest BCUT2D eigenvalue weighted by molar-refractivity contribution is 8.01. The quantitative estimate of drug-likeness (QED) is 0.822. The Morgan fingerprint density at radius 3 is 2.67 bits per heavy atom. The molecule has 21 heavy (non-hydrogen) atoms. The second-order valence-electron chi connectivity index (χ2n) is 4.97. The predicted molar refractivity (Wildman–Crippen MR) is 82.5 cm³/mol. The van der Waals surface area contributed by atoms with Gasteiger partial charge in [0.1, 0.15) is 6.04 Å². The molecule has 1 atom stereocenters. The number of hydrogen-bond acceptors (Lipinski definition) is 7. The number of rotatable bonds is 6. The number of nitrogens with zero attached hydrogens (tertiary/aromatic N) is 3. The fraction of sp³-hybridized carbons (Fsp3) is 0.538. The van der Waals surface area contributed by atoms with Crippen molar-refractivity contribution in [3.63, 3.8) is 0 Å². The number of aryl methyl sites for hydroxylation is 1. The van der Waals surface area contributed by atoms with Crippen LogP contribution in [0.5, 0.6) is 0 Å². The van der Waals surface area contributed by atoms with Crippen LogP contribution in [0.15, 0.2) is 14.1 Å². The molecule has 0 aliphatic carbocycles. The molecule has 8 heteroatoms. The molecule has 2 aromatic rings. The molecule has 0 saturated heterocycles. The minimum absolute atomic E-state index is 0.0790. The fourth-order valence-electron chi connectivity index (χ4n) is 1.53. The van der Waals surface area contributed by atoms with Crippen molar-refractivity contribution in [3.05, 3.63) is 22.9 Å². The van der Waals surface area contributed by atoms with Crippen LogP contribution in [0.25, 0.3) is 0 Å². The Balaban J connectivity index is 1.83. The molecule has 1 N–H and O–H groups in total. The van der Waals surface area contributed by atoms with Crippen LogP contribution in [-0.2, 0) is 4.79 Å². The molecule has 2 aromatic heterocycles. The van der Waals surface area contributed by atoms with Gasteiger partial charge in [0.05, 0.1) is 5.75 Å². The van der Waals surface area contributed by atoms with Crippen molar-refractivity contribution in [2.24, 2.45) is 0 Å². The van der Waals surface area contributed by atoms with Gasteiger partial charge in [-0.1, -0.05) is 25.6 Å². The lowest BCUT2D eigenvalue weighted by Crippen LogP contribution is -2.28. The zero-order valence-electron chi connectivity index (χ0n) is 12.4. The lowest BCUT2D eigenvalue weighted by molar-refractivity contribution is -0.119. The molecule has 114 valence electrons. The largest absolute Gasteiger partial charge is 0.423 e. The van der Waals surface area contributed by atoms with Crippen molar-refractivity contribution in [2.75, 3.05) is 5.75 Å². The first-order chi connectivity index (χ1) is 9.95. The van der Waals surface area contributed by atoms with Gasteiger partial charge in [-0.3, -0.25) is 4.79 Å². The summed E-state index contributed by atoms with van der Waals surface area (Å²) in [6.45, 7) is 7.72. The second kappa shape index (κ2) is 7.04. The van der Waals surface area contributed by atoms with Gasteiger partial charge in [0.15, 0.2) is 4.34 Å². The van der Waals surface area contributed by atoms with E-state index in [2.05, 4.69) is 20.5 Å². The van der Waals surface area contributed by atoms with Gasteiger partial charge >= 0.3 is 0 Å². The Hall–Kier alpha value is -1.41. The van der Waals surface area contributed by atoms with Crippen LogP contribution in [0.4, 0.5) is 0 Å². The number of nitrogens with one attached hydrogen (secondary N) is 1. The summed E-state index contributed by atoms with van der Waals surface area (Å²) in [5, 5.41) is 12.7. The zero-order chi connectivity index (χ0) is 15.4. The van der Waals surface area contributed by atoms with E-state index >= 15 is 0 Å². The van der Waals surface area contributed by atoms with Gasteiger partial charge < -0.3 is 9.73 Å². The Kier molecular flexibility index (Phi) is 5.35. The molecule has 0 spiro atoms. The number of aromatic nitrogens is 3. The number of amides is 1. The highest BCUT2D eigenvalue weighted by atomic mass is 32.2. The van der Waals surface area contributed by atoms with Crippen molar-refractivity contribution in [2.45, 2.75) is 44.0 Å². The maximum Gasteiger partial charge on any atom is 0.238 e. The molecular formula is C13H18N4O2S2. The van der Waals surface area contributed by atoms with E-state index in [9.17, 15) is 4.79 Å². The Morgan fingerprint density at radius 1 is 1.38 bits per heavy atom. The molecular weight excluding hydrogens is 308 g/mol. The van der Waals surface area contributed by atoms with Crippen LogP contribution in [0, 0.1) is 6.92 Å². The molecule has 2 rings (SSSR count). The average Bonchev–Trinajstić information content (AvgIpc) is 3.05. The molecule has 0 bridgehead atoms. The smallest absolute Gasteiger partial charge is 0.238 e. The third kappa shape index (κ3) is 4.53. The van der Waals surface area contributed by atoms with Gasteiger partial charge in [-0.05, 0) is 13.8 Å². The summed E-state index contributed by atoms with van der Waals surface area (Å²) in [7, 11) is 0. The Labute approximate surface area is 131 Å². The van der Waals surface area contributed by atoms with Crippen LogP contribution in [0.3, 0.4) is 0 Å². The molecule has 0 aliphatic heterocycles. The van der Waals surface area contributed by atoms with E-state index in [1.54, 1.807) is 11.3 Å². The van der Waals surface area contributed by atoms with Gasteiger partial charge in [0.25, 0.3) is 0 Å². The van der Waals surface area contributed by atoms with Crippen molar-refractivity contribution >= 4 is 29.0 Å². The van der Waals surface area contributed by atoms with Crippen LogP contribution in [0.1, 0.15) is 50.2 Å². The summed E-state index contributed by atoms with van der Waals surface area (Å²) < 4.78 is 6.42. The van der Waals surface area contributed by atoms with Crippen molar-refractivity contribution in [3.8, 4) is 0 Å². The standard InChI is InChI=1S/C13H18N4O2S2/c1-7(2)11-16-17-12(19-11)9(4)15-10(18)6-21-13-14-8(3)5-20-13/h5,7,9H,6H2,1-4H3,(H,15,18)/t9-/m0/s1. The first-order valence-electron chi connectivity index (χ1n) is 6.63. The lowest BCUT2D eigenvalue weighted by Gasteiger charge is -2.09. The van der Waals surface area contributed by atoms with Gasteiger partial charge in [-0.25, -0.2) is 4.98 Å². The van der Waals surface area contributed by atoms with Crippen molar-refractivity contribution in [1.82, 2.24) is 20.5 Å². The summed E-state index contributed by atoms with van der Waals surface area (Å²) in [4.78, 5) is 16.2. The van der Waals surface area contributed by atoms with Crippen molar-refractivity contribution < 1.29 is 9.21 Å². The maximum absolute atomic E-state index is 11.9. The van der Waals surface area contributed by atoms with Crippen molar-refractivity contribution in [1.29, 1.82) is 0 Å². The maximum atomic E-state index is 11.9. The van der Waals surface area contributed by atoms with Gasteiger partial charge in [0.2, 0.25) is 17.7 Å². The number of carbonyl (C=O) groups is 1. The highest BCUT2D eigenvalue weighted by Crippen LogP contribution is 2.22. The average molecular weight is 326 g/mol. The summed E-state index contributed by atoms with van der Waals surface area (Å²) in [5.41, 5.74) is 0.975. The fourth-order valence-corrected chi connectivity index (χ4v) is 3.19. The SMILES string of the molecule is Cc1csc(SCC(=O)N[C@@H](C)c2nnc(C(C)C)o2)n1. The predicted octanol–water partition coefficient (Wildman–Crippen LogP) is 2.93. The minimum atomic E-state index is -0.295. The second-order valence-corrected chi connectivity index (χ2v) is 7.05. The summed E-state index contributed by atoms with van der Waals surface area (Å²) in [6, 6.07) is -0.295. The van der Waals surface area contributed by atoms with Gasteiger partial charge in [0, 0.05) is 17.0 Å². The third-order valence-corrected chi connectivity index (χ3v) is 4.76. The van der Waals surface area contributed by atoms with E-state index in [1.165, 1.54) is 11.8 Å². The van der Waals surface area contributed by atoms with Crippen LogP contribution in [0.2, 0.25) is 0 Å². The summed E-state index contributed by atoms with van der Waals surface area (Å²) >= 11 is 2.97. The molecule has 0 saturated carbocycles. The molecule has 1 amide bonds. The minimum Gasteiger partial charge on any atom is -0.423 e. The van der Waals surface area contributed by atoms with Crippen LogP contribution >= 0.6 is 23.1 Å². The molecule has 0 fully saturated rings. The monoisotopic (exact) mass is 326 g/mol. The molecule has 6 nitrogen and oxygen atoms in total. The molecule has 0 aromatic carbocycles. The van der Waals surface area contributed by atoms with E-state index in [0.717, 1.165) is 10.0 Å². The highest BCUT2D eigenvalue weighted by Gasteiger charge is 2.17. The summed E-state index contributed by atoms with van der Waals surface area (Å²) in [6.07, 6.45) is 0. The van der Waals surface area contributed by atoms with E-state index in [1.807, 2.05) is 33.1 Å². The first kappa shape index (κ1) is 16.0. The molecule has 0 aliphatic rings. The molecule has 0 unspecified atom stereocenters. The topological polar surface area (TPSA) is 80.9 Å². The Bertz CT molecular complexity index is 609. The number of carbonyl (C=O) groups excluding carboxylic acids is 1. The third-order valence-electron chi connectivity index (χ3n) is 2.62.